The number of methoxy groups -OCH3 is 1. The molecule has 1 aromatic heterocycles. The van der Waals surface area contributed by atoms with Crippen molar-refractivity contribution in [2.45, 2.75) is 38.1 Å². The molecular formula is C18H23ClN4O3. The van der Waals surface area contributed by atoms with Gasteiger partial charge in [0.2, 0.25) is 0 Å². The van der Waals surface area contributed by atoms with Gasteiger partial charge in [0.15, 0.2) is 5.82 Å². The van der Waals surface area contributed by atoms with Crippen LogP contribution in [-0.2, 0) is 9.53 Å². The molecule has 0 radical (unpaired) electrons. The number of nitrogens with zero attached hydrogens (tertiary/aromatic N) is 2. The second-order valence-electron chi connectivity index (χ2n) is 5.99. The number of benzene rings is 1. The van der Waals surface area contributed by atoms with Crippen molar-refractivity contribution in [1.82, 2.24) is 9.78 Å². The van der Waals surface area contributed by atoms with E-state index in [1.54, 1.807) is 18.3 Å². The molecule has 0 bridgehead atoms. The molecule has 0 spiro atoms. The molecule has 1 saturated carbocycles. The fourth-order valence-corrected chi connectivity index (χ4v) is 2.99. The molecule has 0 unspecified atom stereocenters. The first kappa shape index (κ1) is 19.8. The van der Waals surface area contributed by atoms with Gasteiger partial charge in [-0.05, 0) is 37.1 Å². The number of nitrogens with two attached hydrogens (primary N) is 1. The van der Waals surface area contributed by atoms with Crippen molar-refractivity contribution in [2.75, 3.05) is 12.4 Å². The molecule has 0 aliphatic heterocycles. The van der Waals surface area contributed by atoms with Crippen LogP contribution in [0.3, 0.4) is 0 Å². The Bertz CT molecular complexity index is 725. The first-order valence-corrected chi connectivity index (χ1v) is 8.81. The van der Waals surface area contributed by atoms with E-state index in [-0.39, 0.29) is 0 Å². The number of aromatic nitrogens is 2. The SMILES string of the molecule is COC=O.NC(=O)c1cn(C2CCCCC2)nc1Nc1ccc(Cl)cc1. The summed E-state index contributed by atoms with van der Waals surface area (Å²) in [4.78, 5) is 20.6. The summed E-state index contributed by atoms with van der Waals surface area (Å²) in [7, 11) is 1.31. The van der Waals surface area contributed by atoms with Crippen LogP contribution >= 0.6 is 11.6 Å². The summed E-state index contributed by atoms with van der Waals surface area (Å²) in [5, 5.41) is 8.35. The Morgan fingerprint density at radius 1 is 1.31 bits per heavy atom. The quantitative estimate of drug-likeness (QED) is 0.773. The molecule has 1 aliphatic rings. The van der Waals surface area contributed by atoms with Gasteiger partial charge in [-0.25, -0.2) is 0 Å². The average molecular weight is 379 g/mol. The van der Waals surface area contributed by atoms with Gasteiger partial charge in [0.1, 0.15) is 5.56 Å². The second kappa shape index (κ2) is 9.82. The summed E-state index contributed by atoms with van der Waals surface area (Å²) in [6, 6.07) is 7.60. The monoisotopic (exact) mass is 378 g/mol. The summed E-state index contributed by atoms with van der Waals surface area (Å²) in [6.07, 6.45) is 7.64. The molecule has 1 amide bonds. The number of ether oxygens (including phenoxy) is 1. The molecule has 1 aliphatic carbocycles. The molecular weight excluding hydrogens is 356 g/mol. The van der Waals surface area contributed by atoms with Crippen LogP contribution in [0.2, 0.25) is 5.02 Å². The first-order chi connectivity index (χ1) is 12.5. The normalized spacial score (nSPS) is 14.1. The fraction of sp³-hybridized carbons (Fsp3) is 0.389. The third-order valence-corrected chi connectivity index (χ3v) is 4.40. The number of rotatable bonds is 5. The third kappa shape index (κ3) is 5.49. The number of amides is 1. The predicted molar refractivity (Wildman–Crippen MR) is 101 cm³/mol. The zero-order valence-electron chi connectivity index (χ0n) is 14.7. The van der Waals surface area contributed by atoms with Gasteiger partial charge < -0.3 is 15.8 Å². The summed E-state index contributed by atoms with van der Waals surface area (Å²) in [5.74, 6) is 0.0268. The molecule has 0 saturated heterocycles. The Labute approximate surface area is 157 Å². The average Bonchev–Trinajstić information content (AvgIpc) is 3.09. The third-order valence-electron chi connectivity index (χ3n) is 4.15. The lowest BCUT2D eigenvalue weighted by Crippen LogP contribution is -2.14. The number of halogens is 1. The molecule has 2 aromatic rings. The Morgan fingerprint density at radius 2 is 1.92 bits per heavy atom. The molecule has 8 heteroatoms. The van der Waals surface area contributed by atoms with Crippen LogP contribution in [0.5, 0.6) is 0 Å². The van der Waals surface area contributed by atoms with Gasteiger partial charge in [0.05, 0.1) is 13.2 Å². The smallest absolute Gasteiger partial charge is 0.292 e. The molecule has 3 N–H and O–H groups in total. The number of carbonyl (C=O) groups excluding carboxylic acids is 2. The number of carbonyl (C=O) groups is 2. The van der Waals surface area contributed by atoms with Crippen molar-refractivity contribution >= 4 is 35.5 Å². The van der Waals surface area contributed by atoms with Crippen LogP contribution in [0.4, 0.5) is 11.5 Å². The van der Waals surface area contributed by atoms with Gasteiger partial charge >= 0.3 is 0 Å². The lowest BCUT2D eigenvalue weighted by Gasteiger charge is -2.21. The van der Waals surface area contributed by atoms with E-state index in [0.717, 1.165) is 18.5 Å². The van der Waals surface area contributed by atoms with Crippen LogP contribution < -0.4 is 11.1 Å². The minimum absolute atomic E-state index is 0.354. The van der Waals surface area contributed by atoms with Gasteiger partial charge in [-0.15, -0.1) is 0 Å². The Kier molecular flexibility index (Phi) is 7.47. The van der Waals surface area contributed by atoms with E-state index in [0.29, 0.717) is 28.9 Å². The van der Waals surface area contributed by atoms with Crippen LogP contribution in [0.25, 0.3) is 0 Å². The van der Waals surface area contributed by atoms with E-state index >= 15 is 0 Å². The van der Waals surface area contributed by atoms with Crippen LogP contribution in [0.1, 0.15) is 48.5 Å². The predicted octanol–water partition coefficient (Wildman–Crippen LogP) is 3.67. The number of nitrogens with one attached hydrogen (secondary N) is 1. The van der Waals surface area contributed by atoms with E-state index in [1.807, 2.05) is 16.8 Å². The summed E-state index contributed by atoms with van der Waals surface area (Å²) >= 11 is 5.88. The van der Waals surface area contributed by atoms with Crippen LogP contribution in [0, 0.1) is 0 Å². The van der Waals surface area contributed by atoms with Crippen LogP contribution in [0.15, 0.2) is 30.5 Å². The van der Waals surface area contributed by atoms with Crippen molar-refractivity contribution in [1.29, 1.82) is 0 Å². The maximum absolute atomic E-state index is 11.7. The summed E-state index contributed by atoms with van der Waals surface area (Å²) < 4.78 is 5.75. The number of hydrogen-bond acceptors (Lipinski definition) is 5. The highest BCUT2D eigenvalue weighted by molar-refractivity contribution is 6.30. The number of anilines is 2. The maximum atomic E-state index is 11.7. The molecule has 7 nitrogen and oxygen atoms in total. The Morgan fingerprint density at radius 3 is 2.46 bits per heavy atom. The van der Waals surface area contributed by atoms with Gasteiger partial charge in [-0.1, -0.05) is 30.9 Å². The zero-order chi connectivity index (χ0) is 18.9. The minimum Gasteiger partial charge on any atom is -0.471 e. The van der Waals surface area contributed by atoms with Crippen molar-refractivity contribution in [3.63, 3.8) is 0 Å². The van der Waals surface area contributed by atoms with Gasteiger partial charge in [0, 0.05) is 16.9 Å². The van der Waals surface area contributed by atoms with E-state index < -0.39 is 5.91 Å². The maximum Gasteiger partial charge on any atom is 0.292 e. The van der Waals surface area contributed by atoms with E-state index in [2.05, 4.69) is 15.2 Å². The topological polar surface area (TPSA) is 99.2 Å². The van der Waals surface area contributed by atoms with Gasteiger partial charge in [-0.3, -0.25) is 14.3 Å². The molecule has 3 rings (SSSR count). The zero-order valence-corrected chi connectivity index (χ0v) is 15.4. The molecule has 26 heavy (non-hydrogen) atoms. The van der Waals surface area contributed by atoms with Crippen molar-refractivity contribution < 1.29 is 14.3 Å². The molecule has 1 heterocycles. The number of primary amides is 1. The van der Waals surface area contributed by atoms with E-state index in [4.69, 9.17) is 22.1 Å². The van der Waals surface area contributed by atoms with Gasteiger partial charge in [0.25, 0.3) is 12.4 Å². The van der Waals surface area contributed by atoms with Crippen molar-refractivity contribution in [2.24, 2.45) is 5.73 Å². The highest BCUT2D eigenvalue weighted by Crippen LogP contribution is 2.30. The lowest BCUT2D eigenvalue weighted by atomic mass is 9.96. The van der Waals surface area contributed by atoms with E-state index in [9.17, 15) is 4.79 Å². The Hall–Kier alpha value is -2.54. The van der Waals surface area contributed by atoms with Crippen molar-refractivity contribution in [3.05, 3.63) is 41.0 Å². The first-order valence-electron chi connectivity index (χ1n) is 8.43. The molecule has 140 valence electrons. The van der Waals surface area contributed by atoms with E-state index in [1.165, 1.54) is 26.4 Å². The molecule has 1 aromatic carbocycles. The summed E-state index contributed by atoms with van der Waals surface area (Å²) in [5.41, 5.74) is 6.72. The standard InChI is InChI=1S/C16H19ClN4O.C2H4O2/c17-11-6-8-12(9-7-11)19-16-14(15(18)22)10-21(20-16)13-4-2-1-3-5-13;1-4-2-3/h6-10,13H,1-5H2,(H2,18,22)(H,19,20);2H,1H3. The Balaban J connectivity index is 0.000000552. The summed E-state index contributed by atoms with van der Waals surface area (Å²) in [6.45, 7) is 0.375. The molecule has 1 fully saturated rings. The number of hydrogen-bond donors (Lipinski definition) is 2. The van der Waals surface area contributed by atoms with Gasteiger partial charge in [-0.2, -0.15) is 5.10 Å². The molecule has 0 atom stereocenters. The second-order valence-corrected chi connectivity index (χ2v) is 6.43. The highest BCUT2D eigenvalue weighted by atomic mass is 35.5. The minimum atomic E-state index is -0.474. The van der Waals surface area contributed by atoms with Crippen LogP contribution in [-0.4, -0.2) is 29.3 Å². The largest absolute Gasteiger partial charge is 0.471 e. The fourth-order valence-electron chi connectivity index (χ4n) is 2.87. The lowest BCUT2D eigenvalue weighted by molar-refractivity contribution is -0.126. The van der Waals surface area contributed by atoms with Crippen molar-refractivity contribution in [3.8, 4) is 0 Å². The highest BCUT2D eigenvalue weighted by Gasteiger charge is 2.20.